The Labute approximate surface area is 90.8 Å². The van der Waals surface area contributed by atoms with E-state index in [4.69, 9.17) is 21.5 Å². The van der Waals surface area contributed by atoms with E-state index >= 15 is 0 Å². The van der Waals surface area contributed by atoms with Crippen LogP contribution in [-0.2, 0) is 11.3 Å². The van der Waals surface area contributed by atoms with Crippen LogP contribution in [0.15, 0.2) is 17.0 Å². The Morgan fingerprint density at radius 1 is 1.64 bits per heavy atom. The lowest BCUT2D eigenvalue weighted by Crippen LogP contribution is -2.28. The molecule has 1 heterocycles. The molecule has 1 aromatic rings. The van der Waals surface area contributed by atoms with Crippen molar-refractivity contribution in [1.82, 2.24) is 0 Å². The first-order valence-corrected chi connectivity index (χ1v) is 5.09. The zero-order valence-electron chi connectivity index (χ0n) is 7.03. The molecule has 0 aliphatic carbocycles. The predicted octanol–water partition coefficient (Wildman–Crippen LogP) is 1.13. The van der Waals surface area contributed by atoms with Crippen molar-refractivity contribution in [2.75, 3.05) is 0 Å². The molecule has 14 heavy (non-hydrogen) atoms. The van der Waals surface area contributed by atoms with E-state index in [-0.39, 0.29) is 0 Å². The van der Waals surface area contributed by atoms with Gasteiger partial charge in [0.25, 0.3) is 0 Å². The van der Waals surface area contributed by atoms with Crippen molar-refractivity contribution in [1.29, 1.82) is 5.26 Å². The van der Waals surface area contributed by atoms with Gasteiger partial charge in [0.05, 0.1) is 11.6 Å². The van der Waals surface area contributed by atoms with Gasteiger partial charge >= 0.3 is 7.12 Å². The fourth-order valence-corrected chi connectivity index (χ4v) is 2.09. The second-order valence-electron chi connectivity index (χ2n) is 2.84. The highest BCUT2D eigenvalue weighted by Gasteiger charge is 2.28. The molecule has 6 heteroatoms. The number of hydrogen-bond acceptors (Lipinski definition) is 4. The molecule has 0 unspecified atom stereocenters. The zero-order chi connectivity index (χ0) is 10.1. The van der Waals surface area contributed by atoms with E-state index in [9.17, 15) is 5.02 Å². The molecule has 1 N–H and O–H groups in total. The average molecular weight is 225 g/mol. The van der Waals surface area contributed by atoms with E-state index in [2.05, 4.69) is 0 Å². The summed E-state index contributed by atoms with van der Waals surface area (Å²) < 4.78 is 5.02. The molecule has 0 atom stereocenters. The van der Waals surface area contributed by atoms with Gasteiger partial charge in [0.15, 0.2) is 0 Å². The maximum absolute atomic E-state index is 9.41. The minimum absolute atomic E-state index is 0.369. The van der Waals surface area contributed by atoms with Crippen LogP contribution >= 0.6 is 23.4 Å². The van der Waals surface area contributed by atoms with Gasteiger partial charge < -0.3 is 9.68 Å². The summed E-state index contributed by atoms with van der Waals surface area (Å²) in [4.78, 5) is 0.650. The number of nitrogens with zero attached hydrogens (tertiary/aromatic N) is 1. The summed E-state index contributed by atoms with van der Waals surface area (Å²) in [6, 6.07) is 3.43. The van der Waals surface area contributed by atoms with E-state index in [1.165, 1.54) is 0 Å². The van der Waals surface area contributed by atoms with E-state index in [0.717, 1.165) is 17.3 Å². The number of fused-ring (bicyclic) bond motifs is 1. The monoisotopic (exact) mass is 225 g/mol. The van der Waals surface area contributed by atoms with Gasteiger partial charge in [0.2, 0.25) is 0 Å². The standard InChI is InChI=1S/C8H5BClNO2S/c10-7-1-5-3-13-9(12)6(5)2-8(7)14-4-11/h1-2,12H,3H2. The van der Waals surface area contributed by atoms with Crippen LogP contribution in [0.4, 0.5) is 0 Å². The van der Waals surface area contributed by atoms with Crippen LogP contribution in [0.2, 0.25) is 5.02 Å². The SMILES string of the molecule is N#CSc1cc2c(cc1Cl)COB2O. The third-order valence-corrected chi connectivity index (χ3v) is 3.09. The van der Waals surface area contributed by atoms with Gasteiger partial charge in [-0.15, -0.1) is 0 Å². The molecule has 3 nitrogen and oxygen atoms in total. The molecule has 0 radical (unpaired) electrons. The lowest BCUT2D eigenvalue weighted by molar-refractivity contribution is 0.275. The molecule has 0 spiro atoms. The van der Waals surface area contributed by atoms with Crippen LogP contribution in [0.5, 0.6) is 0 Å². The van der Waals surface area contributed by atoms with Crippen LogP contribution in [-0.4, -0.2) is 12.1 Å². The molecule has 0 saturated heterocycles. The summed E-state index contributed by atoms with van der Waals surface area (Å²) in [6.07, 6.45) is 0. The third kappa shape index (κ3) is 1.62. The number of rotatable bonds is 1. The Balaban J connectivity index is 2.47. The van der Waals surface area contributed by atoms with Crippen molar-refractivity contribution in [3.05, 3.63) is 22.7 Å². The summed E-state index contributed by atoms with van der Waals surface area (Å²) in [5.74, 6) is 0. The number of halogens is 1. The Hall–Kier alpha value is -0.665. The maximum Gasteiger partial charge on any atom is 0.491 e. The Kier molecular flexibility index (Phi) is 2.70. The molecule has 0 aromatic heterocycles. The molecular formula is C8H5BClNO2S. The number of hydrogen-bond donors (Lipinski definition) is 1. The molecule has 1 aliphatic rings. The lowest BCUT2D eigenvalue weighted by Gasteiger charge is -2.02. The average Bonchev–Trinajstić information content (AvgIpc) is 2.49. The quantitative estimate of drug-likeness (QED) is 0.442. The summed E-state index contributed by atoms with van der Waals surface area (Å²) in [6.45, 7) is 0.369. The Bertz CT molecular complexity index is 421. The molecule has 1 aromatic carbocycles. The highest BCUT2D eigenvalue weighted by molar-refractivity contribution is 8.03. The Morgan fingerprint density at radius 2 is 2.43 bits per heavy atom. The summed E-state index contributed by atoms with van der Waals surface area (Å²) >= 11 is 6.90. The number of nitriles is 1. The molecule has 1 aliphatic heterocycles. The molecule has 0 fully saturated rings. The smallest absolute Gasteiger partial charge is 0.423 e. The molecule has 2 rings (SSSR count). The molecule has 0 saturated carbocycles. The number of thioether (sulfide) groups is 1. The van der Waals surface area contributed by atoms with Gasteiger partial charge in [0.1, 0.15) is 5.40 Å². The second-order valence-corrected chi connectivity index (χ2v) is 4.07. The fourth-order valence-electron chi connectivity index (χ4n) is 1.35. The van der Waals surface area contributed by atoms with E-state index in [1.54, 1.807) is 12.1 Å². The molecule has 0 bridgehead atoms. The van der Waals surface area contributed by atoms with Gasteiger partial charge in [-0.2, -0.15) is 5.26 Å². The summed E-state index contributed by atoms with van der Waals surface area (Å²) in [5.41, 5.74) is 1.58. The Morgan fingerprint density at radius 3 is 3.14 bits per heavy atom. The van der Waals surface area contributed by atoms with Crippen LogP contribution in [0.1, 0.15) is 5.56 Å². The molecule has 70 valence electrons. The lowest BCUT2D eigenvalue weighted by atomic mass is 9.80. The zero-order valence-corrected chi connectivity index (χ0v) is 8.60. The van der Waals surface area contributed by atoms with Gasteiger partial charge in [0, 0.05) is 4.90 Å². The normalized spacial score (nSPS) is 13.9. The van der Waals surface area contributed by atoms with Crippen LogP contribution in [0.25, 0.3) is 0 Å². The van der Waals surface area contributed by atoms with Crippen molar-refractivity contribution in [3.63, 3.8) is 0 Å². The van der Waals surface area contributed by atoms with E-state index in [0.29, 0.717) is 22.0 Å². The first-order chi connectivity index (χ1) is 6.72. The summed E-state index contributed by atoms with van der Waals surface area (Å²) in [5, 5.41) is 20.4. The van der Waals surface area contributed by atoms with Gasteiger partial charge in [-0.25, -0.2) is 0 Å². The molecule has 0 amide bonds. The van der Waals surface area contributed by atoms with Gasteiger partial charge in [-0.3, -0.25) is 0 Å². The first-order valence-electron chi connectivity index (χ1n) is 3.90. The second kappa shape index (κ2) is 3.83. The highest BCUT2D eigenvalue weighted by atomic mass is 35.5. The van der Waals surface area contributed by atoms with Crippen LogP contribution in [0, 0.1) is 10.7 Å². The minimum atomic E-state index is -0.889. The first kappa shape index (κ1) is 9.87. The van der Waals surface area contributed by atoms with Crippen molar-refractivity contribution < 1.29 is 9.68 Å². The van der Waals surface area contributed by atoms with Gasteiger partial charge in [-0.1, -0.05) is 11.6 Å². The predicted molar refractivity (Wildman–Crippen MR) is 55.3 cm³/mol. The highest BCUT2D eigenvalue weighted by Crippen LogP contribution is 2.28. The van der Waals surface area contributed by atoms with Crippen molar-refractivity contribution in [3.8, 4) is 5.40 Å². The topological polar surface area (TPSA) is 53.2 Å². The van der Waals surface area contributed by atoms with E-state index < -0.39 is 7.12 Å². The van der Waals surface area contributed by atoms with Crippen molar-refractivity contribution >= 4 is 35.9 Å². The maximum atomic E-state index is 9.41. The minimum Gasteiger partial charge on any atom is -0.423 e. The van der Waals surface area contributed by atoms with Crippen molar-refractivity contribution in [2.45, 2.75) is 11.5 Å². The van der Waals surface area contributed by atoms with Gasteiger partial charge in [-0.05, 0) is 34.9 Å². The largest absolute Gasteiger partial charge is 0.491 e. The number of benzene rings is 1. The molecular weight excluding hydrogens is 220 g/mol. The third-order valence-electron chi connectivity index (χ3n) is 2.01. The van der Waals surface area contributed by atoms with E-state index in [1.807, 2.05) is 5.40 Å². The van der Waals surface area contributed by atoms with Crippen LogP contribution < -0.4 is 5.46 Å². The summed E-state index contributed by atoms with van der Waals surface area (Å²) in [7, 11) is -0.889. The fraction of sp³-hybridized carbons (Fsp3) is 0.125. The number of thiocyanates is 1. The van der Waals surface area contributed by atoms with Crippen LogP contribution in [0.3, 0.4) is 0 Å². The van der Waals surface area contributed by atoms with Crippen molar-refractivity contribution in [2.24, 2.45) is 0 Å².